The highest BCUT2D eigenvalue weighted by molar-refractivity contribution is 5.97. The van der Waals surface area contributed by atoms with E-state index in [1.165, 1.54) is 5.56 Å². The lowest BCUT2D eigenvalue weighted by atomic mass is 9.74. The van der Waals surface area contributed by atoms with Crippen molar-refractivity contribution in [1.29, 1.82) is 0 Å². The molecule has 1 amide bonds. The number of amides is 1. The highest BCUT2D eigenvalue weighted by Gasteiger charge is 2.40. The molecule has 3 rings (SSSR count). The molecular weight excluding hydrogens is 254 g/mol. The van der Waals surface area contributed by atoms with Crippen molar-refractivity contribution in [2.75, 3.05) is 0 Å². The van der Waals surface area contributed by atoms with Crippen LogP contribution in [0.25, 0.3) is 0 Å². The summed E-state index contributed by atoms with van der Waals surface area (Å²) in [7, 11) is 0. The predicted molar refractivity (Wildman–Crippen MR) is 74.8 cm³/mol. The molecule has 1 aromatic rings. The minimum absolute atomic E-state index is 0.0216. The van der Waals surface area contributed by atoms with Gasteiger partial charge < -0.3 is 10.4 Å². The van der Waals surface area contributed by atoms with Crippen LogP contribution in [0.5, 0.6) is 0 Å². The standard InChI is InChI=1S/C16H19NO3/c18-14(19)10-16(8-3-9-16)17-15(20)13-7-2-5-11-4-1-6-12(11)13/h2,5,7H,1,3-4,6,8-10H2,(H,17,20)(H,18,19). The Morgan fingerprint density at radius 2 is 2.00 bits per heavy atom. The summed E-state index contributed by atoms with van der Waals surface area (Å²) in [4.78, 5) is 23.5. The van der Waals surface area contributed by atoms with Gasteiger partial charge in [0.25, 0.3) is 5.91 Å². The zero-order valence-electron chi connectivity index (χ0n) is 11.4. The first-order valence-electron chi connectivity index (χ1n) is 7.25. The highest BCUT2D eigenvalue weighted by Crippen LogP contribution is 2.35. The van der Waals surface area contributed by atoms with Crippen LogP contribution >= 0.6 is 0 Å². The molecule has 0 atom stereocenters. The molecule has 0 heterocycles. The number of aryl methyl sites for hydroxylation is 1. The Bertz CT molecular complexity index is 561. The minimum atomic E-state index is -0.844. The molecule has 20 heavy (non-hydrogen) atoms. The molecule has 0 aromatic heterocycles. The predicted octanol–water partition coefficient (Wildman–Crippen LogP) is 2.30. The number of benzene rings is 1. The summed E-state index contributed by atoms with van der Waals surface area (Å²) in [5.74, 6) is -0.951. The molecule has 0 bridgehead atoms. The van der Waals surface area contributed by atoms with Crippen molar-refractivity contribution in [1.82, 2.24) is 5.32 Å². The third-order valence-electron chi connectivity index (χ3n) is 4.57. The van der Waals surface area contributed by atoms with Crippen molar-refractivity contribution in [3.8, 4) is 0 Å². The highest BCUT2D eigenvalue weighted by atomic mass is 16.4. The van der Waals surface area contributed by atoms with Crippen molar-refractivity contribution < 1.29 is 14.7 Å². The normalized spacial score (nSPS) is 19.0. The lowest BCUT2D eigenvalue weighted by Gasteiger charge is -2.41. The van der Waals surface area contributed by atoms with Gasteiger partial charge in [-0.2, -0.15) is 0 Å². The number of fused-ring (bicyclic) bond motifs is 1. The number of carboxylic acid groups (broad SMARTS) is 1. The first kappa shape index (κ1) is 13.2. The van der Waals surface area contributed by atoms with Gasteiger partial charge in [-0.05, 0) is 55.7 Å². The minimum Gasteiger partial charge on any atom is -0.481 e. The van der Waals surface area contributed by atoms with Crippen LogP contribution in [0.4, 0.5) is 0 Å². The molecule has 106 valence electrons. The zero-order chi connectivity index (χ0) is 14.2. The van der Waals surface area contributed by atoms with E-state index in [4.69, 9.17) is 5.11 Å². The topological polar surface area (TPSA) is 66.4 Å². The average Bonchev–Trinajstić information content (AvgIpc) is 2.83. The molecule has 0 aliphatic heterocycles. The summed E-state index contributed by atoms with van der Waals surface area (Å²) < 4.78 is 0. The maximum Gasteiger partial charge on any atom is 0.305 e. The van der Waals surface area contributed by atoms with E-state index in [1.54, 1.807) is 0 Å². The van der Waals surface area contributed by atoms with E-state index in [1.807, 2.05) is 12.1 Å². The second kappa shape index (κ2) is 4.93. The van der Waals surface area contributed by atoms with Gasteiger partial charge in [0.2, 0.25) is 0 Å². The zero-order valence-corrected chi connectivity index (χ0v) is 11.4. The second-order valence-corrected chi connectivity index (χ2v) is 5.96. The Balaban J connectivity index is 1.80. The van der Waals surface area contributed by atoms with Gasteiger partial charge >= 0.3 is 5.97 Å². The fourth-order valence-electron chi connectivity index (χ4n) is 3.38. The van der Waals surface area contributed by atoms with Crippen LogP contribution in [0.1, 0.15) is 53.6 Å². The maximum atomic E-state index is 12.5. The first-order chi connectivity index (χ1) is 9.60. The van der Waals surface area contributed by atoms with Crippen LogP contribution in [0.15, 0.2) is 18.2 Å². The van der Waals surface area contributed by atoms with E-state index >= 15 is 0 Å². The molecular formula is C16H19NO3. The Hall–Kier alpha value is -1.84. The number of rotatable bonds is 4. The van der Waals surface area contributed by atoms with E-state index in [9.17, 15) is 9.59 Å². The molecule has 1 saturated carbocycles. The molecule has 2 aliphatic carbocycles. The number of hydrogen-bond donors (Lipinski definition) is 2. The largest absolute Gasteiger partial charge is 0.481 e. The van der Waals surface area contributed by atoms with Crippen LogP contribution in [0, 0.1) is 0 Å². The van der Waals surface area contributed by atoms with Gasteiger partial charge in [0.05, 0.1) is 12.0 Å². The monoisotopic (exact) mass is 273 g/mol. The third-order valence-corrected chi connectivity index (χ3v) is 4.57. The molecule has 0 unspecified atom stereocenters. The van der Waals surface area contributed by atoms with Gasteiger partial charge in [-0.1, -0.05) is 12.1 Å². The summed E-state index contributed by atoms with van der Waals surface area (Å²) in [6.07, 6.45) is 5.62. The van der Waals surface area contributed by atoms with Gasteiger partial charge in [-0.3, -0.25) is 9.59 Å². The lowest BCUT2D eigenvalue weighted by molar-refractivity contribution is -0.139. The van der Waals surface area contributed by atoms with Crippen molar-refractivity contribution in [2.45, 2.75) is 50.5 Å². The molecule has 0 saturated heterocycles. The van der Waals surface area contributed by atoms with Crippen LogP contribution in [-0.4, -0.2) is 22.5 Å². The summed E-state index contributed by atoms with van der Waals surface area (Å²) in [6.45, 7) is 0. The van der Waals surface area contributed by atoms with E-state index in [2.05, 4.69) is 11.4 Å². The average molecular weight is 273 g/mol. The van der Waals surface area contributed by atoms with Crippen LogP contribution in [0.3, 0.4) is 0 Å². The molecule has 1 fully saturated rings. The number of carbonyl (C=O) groups excluding carboxylic acids is 1. The van der Waals surface area contributed by atoms with Gasteiger partial charge in [0, 0.05) is 5.56 Å². The number of carboxylic acids is 1. The van der Waals surface area contributed by atoms with Crippen molar-refractivity contribution in [3.63, 3.8) is 0 Å². The maximum absolute atomic E-state index is 12.5. The van der Waals surface area contributed by atoms with E-state index in [0.29, 0.717) is 0 Å². The van der Waals surface area contributed by atoms with Gasteiger partial charge in [0.1, 0.15) is 0 Å². The molecule has 2 N–H and O–H groups in total. The van der Waals surface area contributed by atoms with Crippen molar-refractivity contribution >= 4 is 11.9 Å². The van der Waals surface area contributed by atoms with E-state index < -0.39 is 11.5 Å². The molecule has 1 aromatic carbocycles. The number of aliphatic carboxylic acids is 1. The Kier molecular flexibility index (Phi) is 3.24. The fraction of sp³-hybridized carbons (Fsp3) is 0.500. The molecule has 0 radical (unpaired) electrons. The van der Waals surface area contributed by atoms with Crippen molar-refractivity contribution in [3.05, 3.63) is 34.9 Å². The number of hydrogen-bond acceptors (Lipinski definition) is 2. The molecule has 4 heteroatoms. The van der Waals surface area contributed by atoms with Gasteiger partial charge in [-0.15, -0.1) is 0 Å². The smallest absolute Gasteiger partial charge is 0.305 e. The molecule has 0 spiro atoms. The van der Waals surface area contributed by atoms with E-state index in [-0.39, 0.29) is 12.3 Å². The number of nitrogens with one attached hydrogen (secondary N) is 1. The molecule has 2 aliphatic rings. The summed E-state index contributed by atoms with van der Waals surface area (Å²) in [6, 6.07) is 5.85. The number of carbonyl (C=O) groups is 2. The molecule has 4 nitrogen and oxygen atoms in total. The third kappa shape index (κ3) is 2.30. The Morgan fingerprint density at radius 1 is 1.20 bits per heavy atom. The fourth-order valence-corrected chi connectivity index (χ4v) is 3.38. The summed E-state index contributed by atoms with van der Waals surface area (Å²) >= 11 is 0. The Labute approximate surface area is 118 Å². The van der Waals surface area contributed by atoms with Gasteiger partial charge in [0.15, 0.2) is 0 Å². The van der Waals surface area contributed by atoms with Crippen LogP contribution in [0.2, 0.25) is 0 Å². The first-order valence-corrected chi connectivity index (χ1v) is 7.25. The lowest BCUT2D eigenvalue weighted by Crippen LogP contribution is -2.54. The SMILES string of the molecule is O=C(O)CC1(NC(=O)c2cccc3c2CCC3)CCC1. The Morgan fingerprint density at radius 3 is 2.65 bits per heavy atom. The second-order valence-electron chi connectivity index (χ2n) is 5.96. The summed E-state index contributed by atoms with van der Waals surface area (Å²) in [5.41, 5.74) is 2.62. The van der Waals surface area contributed by atoms with Crippen LogP contribution in [-0.2, 0) is 17.6 Å². The van der Waals surface area contributed by atoms with Gasteiger partial charge in [-0.25, -0.2) is 0 Å². The quantitative estimate of drug-likeness (QED) is 0.884. The van der Waals surface area contributed by atoms with E-state index in [0.717, 1.165) is 49.7 Å². The summed E-state index contributed by atoms with van der Waals surface area (Å²) in [5, 5.41) is 12.0. The van der Waals surface area contributed by atoms with Crippen molar-refractivity contribution in [2.24, 2.45) is 0 Å². The van der Waals surface area contributed by atoms with Crippen LogP contribution < -0.4 is 5.32 Å².